The maximum absolute atomic E-state index is 5.72. The van der Waals surface area contributed by atoms with Gasteiger partial charge in [-0.1, -0.05) is 18.2 Å². The second-order valence-electron chi connectivity index (χ2n) is 2.83. The predicted octanol–water partition coefficient (Wildman–Crippen LogP) is 1.79. The van der Waals surface area contributed by atoms with Crippen LogP contribution in [0.25, 0.3) is 0 Å². The predicted molar refractivity (Wildman–Crippen MR) is 50.6 cm³/mol. The minimum atomic E-state index is 0.802. The maximum Gasteiger partial charge on any atom is 0.0665 e. The number of nitrogens with two attached hydrogens (primary N) is 1. The zero-order valence-electron chi connectivity index (χ0n) is 6.70. The summed E-state index contributed by atoms with van der Waals surface area (Å²) in [5, 5.41) is 0. The van der Waals surface area contributed by atoms with Crippen molar-refractivity contribution in [3.63, 3.8) is 0 Å². The van der Waals surface area contributed by atoms with Gasteiger partial charge in [0.25, 0.3) is 0 Å². The van der Waals surface area contributed by atoms with E-state index in [1.807, 2.05) is 24.3 Å². The van der Waals surface area contributed by atoms with E-state index >= 15 is 0 Å². The summed E-state index contributed by atoms with van der Waals surface area (Å²) in [6.45, 7) is 0. The van der Waals surface area contributed by atoms with Crippen molar-refractivity contribution in [1.82, 2.24) is 0 Å². The highest BCUT2D eigenvalue weighted by molar-refractivity contribution is 5.77. The standard InChI is InChI=1S/C10H10N2/c11-9-5-6-12-10-4-2-1-3-8(10)7-9/h1-6H,7,11H2. The van der Waals surface area contributed by atoms with E-state index in [0.717, 1.165) is 17.8 Å². The molecule has 0 aliphatic carbocycles. The van der Waals surface area contributed by atoms with Crippen molar-refractivity contribution in [3.05, 3.63) is 41.6 Å². The minimum absolute atomic E-state index is 0.802. The molecule has 0 unspecified atom stereocenters. The van der Waals surface area contributed by atoms with Gasteiger partial charge in [-0.05, 0) is 17.7 Å². The van der Waals surface area contributed by atoms with Gasteiger partial charge in [0.1, 0.15) is 0 Å². The summed E-state index contributed by atoms with van der Waals surface area (Å²) >= 11 is 0. The minimum Gasteiger partial charge on any atom is -0.402 e. The van der Waals surface area contributed by atoms with Crippen LogP contribution in [0.2, 0.25) is 0 Å². The van der Waals surface area contributed by atoms with Gasteiger partial charge in [-0.15, -0.1) is 0 Å². The Bertz CT molecular complexity index is 351. The quantitative estimate of drug-likeness (QED) is 0.614. The first kappa shape index (κ1) is 7.10. The molecule has 1 aliphatic heterocycles. The Labute approximate surface area is 71.4 Å². The summed E-state index contributed by atoms with van der Waals surface area (Å²) in [7, 11) is 0. The molecule has 2 nitrogen and oxygen atoms in total. The number of rotatable bonds is 0. The van der Waals surface area contributed by atoms with E-state index in [9.17, 15) is 0 Å². The van der Waals surface area contributed by atoms with Gasteiger partial charge in [-0.2, -0.15) is 0 Å². The third kappa shape index (κ3) is 1.23. The van der Waals surface area contributed by atoms with Crippen molar-refractivity contribution in [2.45, 2.75) is 6.42 Å². The van der Waals surface area contributed by atoms with E-state index in [1.165, 1.54) is 5.56 Å². The van der Waals surface area contributed by atoms with Gasteiger partial charge in [-0.3, -0.25) is 4.99 Å². The molecule has 12 heavy (non-hydrogen) atoms. The largest absolute Gasteiger partial charge is 0.402 e. The van der Waals surface area contributed by atoms with Gasteiger partial charge in [0.05, 0.1) is 5.69 Å². The van der Waals surface area contributed by atoms with Crippen molar-refractivity contribution in [2.24, 2.45) is 10.7 Å². The molecule has 1 aromatic rings. The van der Waals surface area contributed by atoms with Gasteiger partial charge in [0, 0.05) is 18.3 Å². The van der Waals surface area contributed by atoms with E-state index < -0.39 is 0 Å². The van der Waals surface area contributed by atoms with Crippen molar-refractivity contribution < 1.29 is 0 Å². The molecule has 2 N–H and O–H groups in total. The Kier molecular flexibility index (Phi) is 1.67. The molecule has 0 fully saturated rings. The number of hydrogen-bond acceptors (Lipinski definition) is 2. The fourth-order valence-electron chi connectivity index (χ4n) is 1.28. The lowest BCUT2D eigenvalue weighted by Crippen LogP contribution is -2.00. The topological polar surface area (TPSA) is 38.4 Å². The Balaban J connectivity index is 2.49. The highest BCUT2D eigenvalue weighted by Crippen LogP contribution is 2.21. The van der Waals surface area contributed by atoms with Gasteiger partial charge < -0.3 is 5.73 Å². The van der Waals surface area contributed by atoms with Crippen LogP contribution in [-0.4, -0.2) is 6.21 Å². The molecule has 0 radical (unpaired) electrons. The Hall–Kier alpha value is -1.57. The molecule has 2 heteroatoms. The number of allylic oxidation sites excluding steroid dienone is 2. The van der Waals surface area contributed by atoms with Gasteiger partial charge in [-0.25, -0.2) is 0 Å². The van der Waals surface area contributed by atoms with Crippen LogP contribution in [-0.2, 0) is 6.42 Å². The lowest BCUT2D eigenvalue weighted by molar-refractivity contribution is 1.12. The Morgan fingerprint density at radius 3 is 3.00 bits per heavy atom. The first-order valence-corrected chi connectivity index (χ1v) is 3.93. The normalized spacial score (nSPS) is 14.8. The maximum atomic E-state index is 5.72. The van der Waals surface area contributed by atoms with Crippen molar-refractivity contribution in [1.29, 1.82) is 0 Å². The Morgan fingerprint density at radius 1 is 1.25 bits per heavy atom. The molecule has 60 valence electrons. The summed E-state index contributed by atoms with van der Waals surface area (Å²) < 4.78 is 0. The summed E-state index contributed by atoms with van der Waals surface area (Å²) in [6, 6.07) is 8.04. The van der Waals surface area contributed by atoms with Crippen LogP contribution in [0.15, 0.2) is 41.0 Å². The van der Waals surface area contributed by atoms with Crippen molar-refractivity contribution in [3.8, 4) is 0 Å². The van der Waals surface area contributed by atoms with E-state index in [4.69, 9.17) is 5.73 Å². The van der Waals surface area contributed by atoms with E-state index in [1.54, 1.807) is 6.21 Å². The van der Waals surface area contributed by atoms with Crippen LogP contribution in [0, 0.1) is 0 Å². The van der Waals surface area contributed by atoms with Crippen LogP contribution in [0.3, 0.4) is 0 Å². The van der Waals surface area contributed by atoms with Crippen LogP contribution in [0.1, 0.15) is 5.56 Å². The summed E-state index contributed by atoms with van der Waals surface area (Å²) in [6.07, 6.45) is 4.40. The zero-order chi connectivity index (χ0) is 8.39. The molecule has 1 aromatic carbocycles. The molecule has 0 amide bonds. The van der Waals surface area contributed by atoms with Gasteiger partial charge >= 0.3 is 0 Å². The van der Waals surface area contributed by atoms with E-state index in [-0.39, 0.29) is 0 Å². The van der Waals surface area contributed by atoms with Gasteiger partial charge in [0.15, 0.2) is 0 Å². The lowest BCUT2D eigenvalue weighted by atomic mass is 10.1. The fourth-order valence-corrected chi connectivity index (χ4v) is 1.28. The van der Waals surface area contributed by atoms with Crippen LogP contribution in [0.5, 0.6) is 0 Å². The first-order chi connectivity index (χ1) is 5.86. The number of aliphatic imine (C=N–C) groups is 1. The number of nitrogens with zero attached hydrogens (tertiary/aromatic N) is 1. The summed E-state index contributed by atoms with van der Waals surface area (Å²) in [5.41, 5.74) is 8.80. The molecule has 0 atom stereocenters. The highest BCUT2D eigenvalue weighted by Gasteiger charge is 2.02. The van der Waals surface area contributed by atoms with Crippen LogP contribution >= 0.6 is 0 Å². The molecular formula is C10H10N2. The summed E-state index contributed by atoms with van der Waals surface area (Å²) in [4.78, 5) is 4.26. The zero-order valence-corrected chi connectivity index (χ0v) is 6.70. The van der Waals surface area contributed by atoms with E-state index in [0.29, 0.717) is 0 Å². The van der Waals surface area contributed by atoms with Crippen molar-refractivity contribution in [2.75, 3.05) is 0 Å². The highest BCUT2D eigenvalue weighted by atomic mass is 14.7. The smallest absolute Gasteiger partial charge is 0.0665 e. The molecule has 0 aromatic heterocycles. The van der Waals surface area contributed by atoms with Crippen LogP contribution < -0.4 is 5.73 Å². The number of hydrogen-bond donors (Lipinski definition) is 1. The molecule has 0 saturated heterocycles. The third-order valence-corrected chi connectivity index (χ3v) is 1.89. The van der Waals surface area contributed by atoms with E-state index in [2.05, 4.69) is 11.1 Å². The SMILES string of the molecule is NC1=CC=Nc2ccccc2C1. The average Bonchev–Trinajstić information content (AvgIpc) is 2.25. The molecule has 1 aliphatic rings. The summed E-state index contributed by atoms with van der Waals surface area (Å²) in [5.74, 6) is 0. The van der Waals surface area contributed by atoms with Crippen molar-refractivity contribution >= 4 is 11.9 Å². The molecule has 0 spiro atoms. The lowest BCUT2D eigenvalue weighted by Gasteiger charge is -2.01. The third-order valence-electron chi connectivity index (χ3n) is 1.89. The molecule has 0 saturated carbocycles. The van der Waals surface area contributed by atoms with Gasteiger partial charge in [0.2, 0.25) is 0 Å². The number of para-hydroxylation sites is 1. The second kappa shape index (κ2) is 2.81. The molecular weight excluding hydrogens is 148 g/mol. The molecule has 0 bridgehead atoms. The monoisotopic (exact) mass is 158 g/mol. The fraction of sp³-hybridized carbons (Fsp3) is 0.100. The average molecular weight is 158 g/mol. The molecule has 1 heterocycles. The number of benzene rings is 1. The number of fused-ring (bicyclic) bond motifs is 1. The second-order valence-corrected chi connectivity index (χ2v) is 2.83. The van der Waals surface area contributed by atoms with Crippen LogP contribution in [0.4, 0.5) is 5.69 Å². The molecule has 2 rings (SSSR count). The Morgan fingerprint density at radius 2 is 2.08 bits per heavy atom. The first-order valence-electron chi connectivity index (χ1n) is 3.93.